The Bertz CT molecular complexity index is 538. The molecule has 0 aromatic carbocycles. The molecule has 2 aliphatic heterocycles. The van der Waals surface area contributed by atoms with E-state index in [1.165, 1.54) is 4.90 Å². The third kappa shape index (κ3) is 2.88. The van der Waals surface area contributed by atoms with Crippen LogP contribution in [0, 0.1) is 0 Å². The van der Waals surface area contributed by atoms with E-state index in [1.54, 1.807) is 7.05 Å². The highest BCUT2D eigenvalue weighted by molar-refractivity contribution is 6.08. The molecule has 1 atom stereocenters. The maximum absolute atomic E-state index is 12.8. The Balaban J connectivity index is 1.61. The first-order chi connectivity index (χ1) is 11.4. The lowest BCUT2D eigenvalue weighted by Gasteiger charge is -2.35. The highest BCUT2D eigenvalue weighted by Gasteiger charge is 2.55. The number of nitrogens with one attached hydrogen (secondary N) is 1. The minimum atomic E-state index is -1.06. The Morgan fingerprint density at radius 1 is 1.25 bits per heavy atom. The van der Waals surface area contributed by atoms with Crippen molar-refractivity contribution in [1.29, 1.82) is 0 Å². The Kier molecular flexibility index (Phi) is 4.52. The van der Waals surface area contributed by atoms with Gasteiger partial charge in [-0.2, -0.15) is 0 Å². The Hall–Kier alpha value is -1.67. The molecular weight excluding hydrogens is 314 g/mol. The maximum Gasteiger partial charge on any atom is 0.327 e. The van der Waals surface area contributed by atoms with Crippen molar-refractivity contribution < 1.29 is 24.2 Å². The van der Waals surface area contributed by atoms with Gasteiger partial charge in [0, 0.05) is 26.6 Å². The second kappa shape index (κ2) is 6.33. The van der Waals surface area contributed by atoms with Gasteiger partial charge in [0.25, 0.3) is 5.91 Å². The summed E-state index contributed by atoms with van der Waals surface area (Å²) < 4.78 is 5.12. The van der Waals surface area contributed by atoms with E-state index in [4.69, 9.17) is 4.74 Å². The van der Waals surface area contributed by atoms with Gasteiger partial charge in [0.1, 0.15) is 17.7 Å². The number of hydrogen-bond acceptors (Lipinski definition) is 5. The van der Waals surface area contributed by atoms with Crippen molar-refractivity contribution in [3.05, 3.63) is 0 Å². The van der Waals surface area contributed by atoms with Gasteiger partial charge in [0.05, 0.1) is 6.61 Å². The highest BCUT2D eigenvalue weighted by atomic mass is 16.5. The average molecular weight is 339 g/mol. The molecule has 2 N–H and O–H groups in total. The van der Waals surface area contributed by atoms with E-state index in [2.05, 4.69) is 5.32 Å². The van der Waals surface area contributed by atoms with Crippen LogP contribution in [0.5, 0.6) is 0 Å². The highest BCUT2D eigenvalue weighted by Crippen LogP contribution is 2.39. The van der Waals surface area contributed by atoms with Crippen molar-refractivity contribution in [2.75, 3.05) is 33.4 Å². The number of ether oxygens (including phenoxy) is 1. The minimum absolute atomic E-state index is 0.0586. The summed E-state index contributed by atoms with van der Waals surface area (Å²) in [6, 6.07) is -0.417. The molecule has 2 saturated heterocycles. The number of carbonyl (C=O) groups excluding carboxylic acids is 3. The van der Waals surface area contributed by atoms with Crippen molar-refractivity contribution in [1.82, 2.24) is 15.1 Å². The van der Waals surface area contributed by atoms with E-state index >= 15 is 0 Å². The molecule has 3 fully saturated rings. The molecule has 3 aliphatic rings. The van der Waals surface area contributed by atoms with Gasteiger partial charge in [-0.3, -0.25) is 14.5 Å². The lowest BCUT2D eigenvalue weighted by molar-refractivity contribution is -0.137. The molecule has 2 heterocycles. The number of hydrogen-bond donors (Lipinski definition) is 2. The van der Waals surface area contributed by atoms with E-state index < -0.39 is 23.1 Å². The smallest absolute Gasteiger partial charge is 0.327 e. The fourth-order valence-corrected chi connectivity index (χ4v) is 3.87. The topological polar surface area (TPSA) is 99.2 Å². The summed E-state index contributed by atoms with van der Waals surface area (Å²) in [6.07, 6.45) is 4.67. The van der Waals surface area contributed by atoms with Crippen molar-refractivity contribution in [2.24, 2.45) is 0 Å². The van der Waals surface area contributed by atoms with Gasteiger partial charge in [0.15, 0.2) is 0 Å². The molecule has 1 aliphatic carbocycles. The second-order valence-corrected chi connectivity index (χ2v) is 7.13. The monoisotopic (exact) mass is 339 g/mol. The van der Waals surface area contributed by atoms with Gasteiger partial charge in [-0.25, -0.2) is 4.79 Å². The normalized spacial score (nSPS) is 29.6. The molecule has 134 valence electrons. The zero-order valence-corrected chi connectivity index (χ0v) is 14.0. The number of urea groups is 1. The van der Waals surface area contributed by atoms with Crippen molar-refractivity contribution in [3.8, 4) is 0 Å². The van der Waals surface area contributed by atoms with Crippen molar-refractivity contribution in [3.63, 3.8) is 0 Å². The number of likely N-dealkylation sites (N-methyl/N-ethyl adjacent to an activating group) is 1. The minimum Gasteiger partial charge on any atom is -0.386 e. The third-order valence-electron chi connectivity index (χ3n) is 5.48. The summed E-state index contributed by atoms with van der Waals surface area (Å²) in [5, 5.41) is 12.8. The van der Waals surface area contributed by atoms with Crippen LogP contribution in [-0.2, 0) is 14.3 Å². The predicted octanol–water partition coefficient (Wildman–Crippen LogP) is -0.149. The summed E-state index contributed by atoms with van der Waals surface area (Å²) in [5.74, 6) is -0.717. The average Bonchev–Trinajstić information content (AvgIpc) is 3.08. The summed E-state index contributed by atoms with van der Waals surface area (Å²) in [5.41, 5.74) is -1.83. The van der Waals surface area contributed by atoms with Gasteiger partial charge < -0.3 is 20.1 Å². The Labute approximate surface area is 141 Å². The molecule has 3 rings (SSSR count). The zero-order chi connectivity index (χ0) is 17.4. The first-order valence-electron chi connectivity index (χ1n) is 8.55. The number of nitrogens with zero attached hydrogens (tertiary/aromatic N) is 2. The summed E-state index contributed by atoms with van der Waals surface area (Å²) in [6.45, 7) is 0.396. The van der Waals surface area contributed by atoms with Crippen molar-refractivity contribution in [2.45, 2.75) is 49.7 Å². The van der Waals surface area contributed by atoms with Gasteiger partial charge >= 0.3 is 6.03 Å². The molecular formula is C16H25N3O5. The van der Waals surface area contributed by atoms with Crippen LogP contribution < -0.4 is 5.32 Å². The molecule has 1 saturated carbocycles. The molecule has 1 spiro atoms. The second-order valence-electron chi connectivity index (χ2n) is 7.13. The number of imide groups is 1. The van der Waals surface area contributed by atoms with Crippen LogP contribution >= 0.6 is 0 Å². The number of aliphatic hydroxyl groups is 1. The quantitative estimate of drug-likeness (QED) is 0.694. The fraction of sp³-hybridized carbons (Fsp3) is 0.812. The first kappa shape index (κ1) is 17.2. The SMILES string of the molecule is CN1C(=O)N(CC(=O)NCC2(O)CCOC2)C(=O)C12CCCCC2. The van der Waals surface area contributed by atoms with E-state index in [0.29, 0.717) is 25.9 Å². The lowest BCUT2D eigenvalue weighted by Crippen LogP contribution is -2.50. The Morgan fingerprint density at radius 2 is 1.96 bits per heavy atom. The van der Waals surface area contributed by atoms with E-state index in [0.717, 1.165) is 24.2 Å². The zero-order valence-electron chi connectivity index (χ0n) is 14.0. The Morgan fingerprint density at radius 3 is 2.58 bits per heavy atom. The maximum atomic E-state index is 12.8. The lowest BCUT2D eigenvalue weighted by atomic mass is 9.81. The van der Waals surface area contributed by atoms with Crippen LogP contribution in [0.1, 0.15) is 38.5 Å². The van der Waals surface area contributed by atoms with Crippen LogP contribution in [0.3, 0.4) is 0 Å². The van der Waals surface area contributed by atoms with Gasteiger partial charge in [-0.05, 0) is 12.8 Å². The first-order valence-corrected chi connectivity index (χ1v) is 8.55. The molecule has 1 unspecified atom stereocenters. The summed E-state index contributed by atoms with van der Waals surface area (Å²) >= 11 is 0. The predicted molar refractivity (Wildman–Crippen MR) is 84.1 cm³/mol. The molecule has 0 radical (unpaired) electrons. The third-order valence-corrected chi connectivity index (χ3v) is 5.48. The van der Waals surface area contributed by atoms with Crippen LogP contribution in [-0.4, -0.2) is 77.2 Å². The van der Waals surface area contributed by atoms with Crippen molar-refractivity contribution >= 4 is 17.8 Å². The van der Waals surface area contributed by atoms with E-state index in [-0.39, 0.29) is 25.6 Å². The number of rotatable bonds is 4. The molecule has 8 nitrogen and oxygen atoms in total. The van der Waals surface area contributed by atoms with Crippen LogP contribution in [0.15, 0.2) is 0 Å². The van der Waals surface area contributed by atoms with E-state index in [9.17, 15) is 19.5 Å². The molecule has 0 aromatic rings. The fourth-order valence-electron chi connectivity index (χ4n) is 3.87. The summed E-state index contributed by atoms with van der Waals surface area (Å²) in [7, 11) is 1.64. The van der Waals surface area contributed by atoms with Gasteiger partial charge in [-0.1, -0.05) is 19.3 Å². The van der Waals surface area contributed by atoms with Gasteiger partial charge in [-0.15, -0.1) is 0 Å². The van der Waals surface area contributed by atoms with Crippen LogP contribution in [0.2, 0.25) is 0 Å². The molecule has 8 heteroatoms. The number of amides is 4. The molecule has 24 heavy (non-hydrogen) atoms. The summed E-state index contributed by atoms with van der Waals surface area (Å²) in [4.78, 5) is 39.9. The molecule has 0 aromatic heterocycles. The molecule has 0 bridgehead atoms. The largest absolute Gasteiger partial charge is 0.386 e. The van der Waals surface area contributed by atoms with E-state index in [1.807, 2.05) is 0 Å². The van der Waals surface area contributed by atoms with Crippen LogP contribution in [0.4, 0.5) is 4.79 Å². The van der Waals surface area contributed by atoms with Crippen LogP contribution in [0.25, 0.3) is 0 Å². The van der Waals surface area contributed by atoms with Gasteiger partial charge in [0.2, 0.25) is 5.91 Å². The number of carbonyl (C=O) groups is 3. The molecule has 4 amide bonds. The standard InChI is InChI=1S/C16H25N3O5/c1-18-14(22)19(13(21)16(18)5-3-2-4-6-16)9-12(20)17-10-15(23)7-8-24-11-15/h23H,2-11H2,1H3,(H,17,20).